The van der Waals surface area contributed by atoms with Crippen molar-refractivity contribution in [2.75, 3.05) is 37.6 Å². The molecule has 1 aliphatic heterocycles. The van der Waals surface area contributed by atoms with Crippen LogP contribution in [0, 0.1) is 0 Å². The Labute approximate surface area is 191 Å². The number of hydrogen-bond acceptors (Lipinski definition) is 5. The van der Waals surface area contributed by atoms with Crippen LogP contribution in [0.25, 0.3) is 0 Å². The summed E-state index contributed by atoms with van der Waals surface area (Å²) in [5, 5.41) is 2.69. The van der Waals surface area contributed by atoms with Gasteiger partial charge >= 0.3 is 0 Å². The van der Waals surface area contributed by atoms with Crippen LogP contribution < -0.4 is 10.2 Å². The number of carbonyl (C=O) groups excluding carboxylic acids is 2. The fraction of sp³-hybridized carbons (Fsp3) is 0.478. The molecule has 2 atom stereocenters. The van der Waals surface area contributed by atoms with Gasteiger partial charge < -0.3 is 15.1 Å². The highest BCUT2D eigenvalue weighted by Crippen LogP contribution is 2.36. The summed E-state index contributed by atoms with van der Waals surface area (Å²) in [6, 6.07) is 7.72. The minimum atomic E-state index is -0.392. The zero-order valence-corrected chi connectivity index (χ0v) is 19.3. The smallest absolute Gasteiger partial charge is 0.232 e. The molecule has 2 unspecified atom stereocenters. The van der Waals surface area contributed by atoms with Gasteiger partial charge in [-0.05, 0) is 42.9 Å². The lowest BCUT2D eigenvalue weighted by Crippen LogP contribution is -2.51. The van der Waals surface area contributed by atoms with Gasteiger partial charge in [0.2, 0.25) is 12.3 Å². The molecule has 2 heterocycles. The van der Waals surface area contributed by atoms with Crippen LogP contribution in [0.1, 0.15) is 48.4 Å². The Morgan fingerprint density at radius 3 is 2.68 bits per heavy atom. The highest BCUT2D eigenvalue weighted by Gasteiger charge is 2.31. The maximum atomic E-state index is 13.3. The quantitative estimate of drug-likeness (QED) is 0.636. The van der Waals surface area contributed by atoms with E-state index in [2.05, 4.69) is 43.0 Å². The molecular formula is C23H28BrN5O2. The van der Waals surface area contributed by atoms with E-state index >= 15 is 0 Å². The number of nitrogens with zero attached hydrogens (tertiary/aromatic N) is 4. The molecule has 1 aromatic heterocycles. The molecule has 2 aromatic rings. The number of anilines is 1. The van der Waals surface area contributed by atoms with Crippen molar-refractivity contribution in [3.05, 3.63) is 51.9 Å². The van der Waals surface area contributed by atoms with Gasteiger partial charge in [-0.2, -0.15) is 0 Å². The highest BCUT2D eigenvalue weighted by molar-refractivity contribution is 9.10. The zero-order valence-electron chi connectivity index (χ0n) is 17.8. The SMILES string of the molecule is CC1CCCc2ncnc(N3CCN(C(=O)C(CNC=O)c4ccc(Br)cc4)CC3)c21. The summed E-state index contributed by atoms with van der Waals surface area (Å²) < 4.78 is 0.960. The first-order valence-corrected chi connectivity index (χ1v) is 11.7. The molecule has 31 heavy (non-hydrogen) atoms. The number of benzene rings is 1. The summed E-state index contributed by atoms with van der Waals surface area (Å²) in [7, 11) is 0. The van der Waals surface area contributed by atoms with Crippen LogP contribution in [0.15, 0.2) is 35.1 Å². The molecule has 164 valence electrons. The lowest BCUT2D eigenvalue weighted by Gasteiger charge is -2.38. The van der Waals surface area contributed by atoms with Gasteiger partial charge in [-0.25, -0.2) is 9.97 Å². The number of fused-ring (bicyclic) bond motifs is 1. The number of rotatable bonds is 6. The molecular weight excluding hydrogens is 458 g/mol. The number of halogens is 1. The maximum Gasteiger partial charge on any atom is 0.232 e. The van der Waals surface area contributed by atoms with Gasteiger partial charge in [0.15, 0.2) is 0 Å². The molecule has 1 aromatic carbocycles. The van der Waals surface area contributed by atoms with Gasteiger partial charge in [0, 0.05) is 48.5 Å². The Bertz CT molecular complexity index is 928. The lowest BCUT2D eigenvalue weighted by molar-refractivity contribution is -0.133. The summed E-state index contributed by atoms with van der Waals surface area (Å²) in [4.78, 5) is 37.6. The average Bonchev–Trinajstić information content (AvgIpc) is 2.80. The number of hydrogen-bond donors (Lipinski definition) is 1. The molecule has 0 saturated carbocycles. The molecule has 1 fully saturated rings. The Balaban J connectivity index is 1.47. The van der Waals surface area contributed by atoms with Gasteiger partial charge in [0.05, 0.1) is 5.92 Å². The van der Waals surface area contributed by atoms with E-state index in [-0.39, 0.29) is 5.91 Å². The first-order chi connectivity index (χ1) is 15.1. The number of nitrogens with one attached hydrogen (secondary N) is 1. The van der Waals surface area contributed by atoms with E-state index in [1.165, 1.54) is 24.1 Å². The highest BCUT2D eigenvalue weighted by atomic mass is 79.9. The minimum Gasteiger partial charge on any atom is -0.358 e. The zero-order chi connectivity index (χ0) is 21.8. The topological polar surface area (TPSA) is 78.4 Å². The standard InChI is InChI=1S/C23H28BrN5O2/c1-16-3-2-4-20-21(16)22(27-14-26-20)28-9-11-29(12-10-28)23(31)19(13-25-15-30)17-5-7-18(24)8-6-17/h5-8,14-16,19H,2-4,9-13H2,1H3,(H,25,30). The first kappa shape index (κ1) is 21.7. The van der Waals surface area contributed by atoms with E-state index in [0.29, 0.717) is 32.0 Å². The molecule has 4 rings (SSSR count). The number of amides is 2. The first-order valence-electron chi connectivity index (χ1n) is 10.9. The molecule has 1 saturated heterocycles. The summed E-state index contributed by atoms with van der Waals surface area (Å²) in [6.07, 6.45) is 5.70. The summed E-state index contributed by atoms with van der Waals surface area (Å²) >= 11 is 3.44. The van der Waals surface area contributed by atoms with Crippen molar-refractivity contribution in [2.24, 2.45) is 0 Å². The van der Waals surface area contributed by atoms with Crippen molar-refractivity contribution in [1.29, 1.82) is 0 Å². The van der Waals surface area contributed by atoms with Gasteiger partial charge in [0.1, 0.15) is 12.1 Å². The van der Waals surface area contributed by atoms with Crippen LogP contribution in [0.2, 0.25) is 0 Å². The van der Waals surface area contributed by atoms with Crippen molar-refractivity contribution in [3.63, 3.8) is 0 Å². The number of aryl methyl sites for hydroxylation is 1. The Morgan fingerprint density at radius 2 is 1.97 bits per heavy atom. The average molecular weight is 486 g/mol. The Kier molecular flexibility index (Phi) is 6.85. The van der Waals surface area contributed by atoms with Crippen LogP contribution in [0.4, 0.5) is 5.82 Å². The van der Waals surface area contributed by atoms with E-state index in [1.54, 1.807) is 6.33 Å². The normalized spacial score (nSPS) is 19.5. The van der Waals surface area contributed by atoms with Crippen LogP contribution in [-0.2, 0) is 16.0 Å². The van der Waals surface area contributed by atoms with Crippen molar-refractivity contribution in [3.8, 4) is 0 Å². The molecule has 1 aliphatic carbocycles. The van der Waals surface area contributed by atoms with Crippen molar-refractivity contribution in [1.82, 2.24) is 20.2 Å². The third-order valence-electron chi connectivity index (χ3n) is 6.36. The summed E-state index contributed by atoms with van der Waals surface area (Å²) in [6.45, 7) is 5.32. The Morgan fingerprint density at radius 1 is 1.23 bits per heavy atom. The second kappa shape index (κ2) is 9.77. The van der Waals surface area contributed by atoms with Gasteiger partial charge in [0.25, 0.3) is 0 Å². The van der Waals surface area contributed by atoms with Gasteiger partial charge in [-0.15, -0.1) is 0 Å². The third kappa shape index (κ3) is 4.74. The summed E-state index contributed by atoms with van der Waals surface area (Å²) in [5.41, 5.74) is 3.37. The van der Waals surface area contributed by atoms with Gasteiger partial charge in [-0.3, -0.25) is 9.59 Å². The largest absolute Gasteiger partial charge is 0.358 e. The van der Waals surface area contributed by atoms with Crippen molar-refractivity contribution >= 4 is 34.1 Å². The van der Waals surface area contributed by atoms with Crippen LogP contribution >= 0.6 is 15.9 Å². The van der Waals surface area contributed by atoms with E-state index in [9.17, 15) is 9.59 Å². The number of carbonyl (C=O) groups is 2. The molecule has 2 aliphatic rings. The number of aromatic nitrogens is 2. The van der Waals surface area contributed by atoms with E-state index < -0.39 is 5.92 Å². The van der Waals surface area contributed by atoms with Crippen LogP contribution in [0.3, 0.4) is 0 Å². The summed E-state index contributed by atoms with van der Waals surface area (Å²) in [5.74, 6) is 1.17. The van der Waals surface area contributed by atoms with Crippen LogP contribution in [-0.4, -0.2) is 59.9 Å². The molecule has 0 spiro atoms. The fourth-order valence-corrected chi connectivity index (χ4v) is 4.93. The van der Waals surface area contributed by atoms with Crippen molar-refractivity contribution < 1.29 is 9.59 Å². The molecule has 0 radical (unpaired) electrons. The second-order valence-corrected chi connectivity index (χ2v) is 9.21. The Hall–Kier alpha value is -2.48. The monoisotopic (exact) mass is 485 g/mol. The predicted molar refractivity (Wildman–Crippen MR) is 123 cm³/mol. The van der Waals surface area contributed by atoms with E-state index in [4.69, 9.17) is 0 Å². The molecule has 0 bridgehead atoms. The van der Waals surface area contributed by atoms with E-state index in [0.717, 1.165) is 35.4 Å². The third-order valence-corrected chi connectivity index (χ3v) is 6.88. The molecule has 7 nitrogen and oxygen atoms in total. The molecule has 8 heteroatoms. The molecule has 2 amide bonds. The minimum absolute atomic E-state index is 0.0504. The fourth-order valence-electron chi connectivity index (χ4n) is 4.67. The maximum absolute atomic E-state index is 13.3. The lowest BCUT2D eigenvalue weighted by atomic mass is 9.87. The predicted octanol–water partition coefficient (Wildman–Crippen LogP) is 2.86. The van der Waals surface area contributed by atoms with Crippen LogP contribution in [0.5, 0.6) is 0 Å². The molecule has 1 N–H and O–H groups in total. The van der Waals surface area contributed by atoms with Gasteiger partial charge in [-0.1, -0.05) is 35.0 Å². The van der Waals surface area contributed by atoms with Crippen molar-refractivity contribution in [2.45, 2.75) is 38.0 Å². The number of piperazine rings is 1. The second-order valence-electron chi connectivity index (χ2n) is 8.29. The van der Waals surface area contributed by atoms with E-state index in [1.807, 2.05) is 29.2 Å².